The summed E-state index contributed by atoms with van der Waals surface area (Å²) in [7, 11) is 4.48. The number of rotatable bonds is 7. The molecule has 1 fully saturated rings. The van der Waals surface area contributed by atoms with Gasteiger partial charge in [0.05, 0.1) is 32.9 Å². The zero-order chi connectivity index (χ0) is 24.2. The number of amides is 1. The van der Waals surface area contributed by atoms with Crippen molar-refractivity contribution in [3.05, 3.63) is 95.1 Å². The molecule has 1 atom stereocenters. The number of aliphatic hydroxyl groups is 1. The summed E-state index contributed by atoms with van der Waals surface area (Å²) in [5, 5.41) is 11.2. The first kappa shape index (κ1) is 22.9. The molecule has 1 aliphatic heterocycles. The summed E-state index contributed by atoms with van der Waals surface area (Å²) in [5.41, 5.74) is 1.84. The number of aliphatic hydroxyl groups excluding tert-OH is 1. The lowest BCUT2D eigenvalue weighted by Crippen LogP contribution is -2.29. The van der Waals surface area contributed by atoms with Crippen LogP contribution in [0.15, 0.2) is 78.4 Å². The fourth-order valence-corrected chi connectivity index (χ4v) is 4.18. The minimum absolute atomic E-state index is 0.00130. The van der Waals surface area contributed by atoms with Crippen LogP contribution < -0.4 is 14.2 Å². The lowest BCUT2D eigenvalue weighted by atomic mass is 9.94. The van der Waals surface area contributed by atoms with E-state index in [1.54, 1.807) is 36.4 Å². The second-order valence-electron chi connectivity index (χ2n) is 7.74. The minimum atomic E-state index is -0.867. The molecule has 0 aromatic heterocycles. The number of benzene rings is 3. The number of ketones is 1. The number of carbonyl (C=O) groups excluding carboxylic acids is 2. The van der Waals surface area contributed by atoms with Gasteiger partial charge in [-0.25, -0.2) is 0 Å². The number of Topliss-reactive ketones (excluding diaryl/α,β-unsaturated/α-hetero) is 1. The third-order valence-electron chi connectivity index (χ3n) is 5.79. The van der Waals surface area contributed by atoms with E-state index >= 15 is 0 Å². The molecule has 1 aliphatic rings. The summed E-state index contributed by atoms with van der Waals surface area (Å²) < 4.78 is 16.4. The summed E-state index contributed by atoms with van der Waals surface area (Å²) in [6, 6.07) is 20.6. The molecule has 7 heteroatoms. The Morgan fingerprint density at radius 3 is 1.94 bits per heavy atom. The third-order valence-corrected chi connectivity index (χ3v) is 5.79. The highest BCUT2D eigenvalue weighted by Gasteiger charge is 2.46. The highest BCUT2D eigenvalue weighted by atomic mass is 16.5. The van der Waals surface area contributed by atoms with E-state index < -0.39 is 17.7 Å². The number of hydrogen-bond donors (Lipinski definition) is 1. The summed E-state index contributed by atoms with van der Waals surface area (Å²) in [5.74, 6) is -0.551. The van der Waals surface area contributed by atoms with E-state index in [0.717, 1.165) is 5.56 Å². The van der Waals surface area contributed by atoms with Crippen LogP contribution >= 0.6 is 0 Å². The maximum Gasteiger partial charge on any atom is 0.295 e. The molecule has 34 heavy (non-hydrogen) atoms. The summed E-state index contributed by atoms with van der Waals surface area (Å²) in [4.78, 5) is 27.9. The topological polar surface area (TPSA) is 85.3 Å². The fraction of sp³-hybridized carbons (Fsp3) is 0.185. The maximum atomic E-state index is 13.2. The molecule has 1 saturated heterocycles. The number of likely N-dealkylation sites (tertiary alicyclic amines) is 1. The summed E-state index contributed by atoms with van der Waals surface area (Å²) >= 11 is 0. The van der Waals surface area contributed by atoms with Gasteiger partial charge in [0, 0.05) is 12.1 Å². The van der Waals surface area contributed by atoms with Crippen LogP contribution in [0.25, 0.3) is 5.76 Å². The highest BCUT2D eigenvalue weighted by Crippen LogP contribution is 2.46. The molecule has 1 unspecified atom stereocenters. The first-order valence-corrected chi connectivity index (χ1v) is 10.7. The van der Waals surface area contributed by atoms with Gasteiger partial charge in [0.2, 0.25) is 5.75 Å². The molecule has 0 bridgehead atoms. The molecule has 4 rings (SSSR count). The Morgan fingerprint density at radius 2 is 1.41 bits per heavy atom. The second kappa shape index (κ2) is 9.70. The van der Waals surface area contributed by atoms with Crippen LogP contribution in [0.1, 0.15) is 22.7 Å². The van der Waals surface area contributed by atoms with Crippen molar-refractivity contribution >= 4 is 17.4 Å². The number of methoxy groups -OCH3 is 3. The van der Waals surface area contributed by atoms with E-state index in [4.69, 9.17) is 14.2 Å². The number of carbonyl (C=O) groups is 2. The number of ether oxygens (including phenoxy) is 3. The Kier molecular flexibility index (Phi) is 6.54. The largest absolute Gasteiger partial charge is 0.507 e. The van der Waals surface area contributed by atoms with Crippen molar-refractivity contribution in [3.63, 3.8) is 0 Å². The van der Waals surface area contributed by atoms with Crippen LogP contribution in [0.3, 0.4) is 0 Å². The van der Waals surface area contributed by atoms with Gasteiger partial charge in [-0.05, 0) is 23.3 Å². The van der Waals surface area contributed by atoms with E-state index in [1.807, 2.05) is 36.4 Å². The standard InChI is InChI=1S/C27H25NO6/c1-32-20-14-19(15-21(33-2)26(20)34-3)23-22(24(29)18-12-8-5-9-13-18)25(30)27(31)28(23)16-17-10-6-4-7-11-17/h4-15,23,29H,16H2,1-3H3/b24-22+. The van der Waals surface area contributed by atoms with Gasteiger partial charge in [0.1, 0.15) is 5.76 Å². The van der Waals surface area contributed by atoms with Crippen LogP contribution in [-0.4, -0.2) is 43.0 Å². The van der Waals surface area contributed by atoms with Crippen molar-refractivity contribution in [2.75, 3.05) is 21.3 Å². The molecule has 3 aromatic carbocycles. The second-order valence-corrected chi connectivity index (χ2v) is 7.74. The number of nitrogens with zero attached hydrogens (tertiary/aromatic N) is 1. The Bertz CT molecular complexity index is 1210. The number of hydrogen-bond acceptors (Lipinski definition) is 6. The average Bonchev–Trinajstić information content (AvgIpc) is 3.13. The van der Waals surface area contributed by atoms with Crippen molar-refractivity contribution in [1.82, 2.24) is 4.90 Å². The predicted octanol–water partition coefficient (Wildman–Crippen LogP) is 4.33. The summed E-state index contributed by atoms with van der Waals surface area (Å²) in [6.07, 6.45) is 0. The zero-order valence-corrected chi connectivity index (χ0v) is 19.1. The van der Waals surface area contributed by atoms with Crippen molar-refractivity contribution in [2.24, 2.45) is 0 Å². The van der Waals surface area contributed by atoms with Crippen molar-refractivity contribution in [1.29, 1.82) is 0 Å². The molecular weight excluding hydrogens is 434 g/mol. The first-order chi connectivity index (χ1) is 16.5. The minimum Gasteiger partial charge on any atom is -0.507 e. The van der Waals surface area contributed by atoms with Gasteiger partial charge in [-0.3, -0.25) is 9.59 Å². The van der Waals surface area contributed by atoms with Gasteiger partial charge in [-0.2, -0.15) is 0 Å². The van der Waals surface area contributed by atoms with E-state index in [9.17, 15) is 14.7 Å². The molecule has 7 nitrogen and oxygen atoms in total. The van der Waals surface area contributed by atoms with Gasteiger partial charge >= 0.3 is 0 Å². The molecule has 0 aliphatic carbocycles. The molecule has 0 spiro atoms. The highest BCUT2D eigenvalue weighted by molar-refractivity contribution is 6.46. The Balaban J connectivity index is 1.94. The normalized spacial score (nSPS) is 17.0. The third kappa shape index (κ3) is 4.08. The molecule has 0 saturated carbocycles. The SMILES string of the molecule is COc1cc(C2/C(=C(\O)c3ccccc3)C(=O)C(=O)N2Cc2ccccc2)cc(OC)c1OC. The molecule has 3 aromatic rings. The predicted molar refractivity (Wildman–Crippen MR) is 127 cm³/mol. The van der Waals surface area contributed by atoms with Crippen molar-refractivity contribution in [2.45, 2.75) is 12.6 Å². The molecule has 1 N–H and O–H groups in total. The van der Waals surface area contributed by atoms with E-state index in [-0.39, 0.29) is 17.9 Å². The van der Waals surface area contributed by atoms with Crippen molar-refractivity contribution in [3.8, 4) is 17.2 Å². The molecule has 1 amide bonds. The fourth-order valence-electron chi connectivity index (χ4n) is 4.18. The van der Waals surface area contributed by atoms with Crippen LogP contribution in [0, 0.1) is 0 Å². The van der Waals surface area contributed by atoms with E-state index in [2.05, 4.69) is 0 Å². The van der Waals surface area contributed by atoms with Gasteiger partial charge in [0.25, 0.3) is 11.7 Å². The van der Waals surface area contributed by atoms with Gasteiger partial charge in [0.15, 0.2) is 11.5 Å². The lowest BCUT2D eigenvalue weighted by Gasteiger charge is -2.26. The van der Waals surface area contributed by atoms with Crippen LogP contribution in [0.4, 0.5) is 0 Å². The van der Waals surface area contributed by atoms with Crippen LogP contribution in [0.2, 0.25) is 0 Å². The first-order valence-electron chi connectivity index (χ1n) is 10.7. The zero-order valence-electron chi connectivity index (χ0n) is 19.1. The quantitative estimate of drug-likeness (QED) is 0.322. The molecule has 174 valence electrons. The molecule has 1 heterocycles. The van der Waals surface area contributed by atoms with Crippen LogP contribution in [-0.2, 0) is 16.1 Å². The van der Waals surface area contributed by atoms with E-state index in [1.165, 1.54) is 26.2 Å². The molecular formula is C27H25NO6. The van der Waals surface area contributed by atoms with Gasteiger partial charge < -0.3 is 24.2 Å². The monoisotopic (exact) mass is 459 g/mol. The summed E-state index contributed by atoms with van der Waals surface area (Å²) in [6.45, 7) is 0.179. The van der Waals surface area contributed by atoms with E-state index in [0.29, 0.717) is 28.4 Å². The maximum absolute atomic E-state index is 13.2. The average molecular weight is 459 g/mol. The van der Waals surface area contributed by atoms with Gasteiger partial charge in [-0.15, -0.1) is 0 Å². The Labute approximate surface area is 197 Å². The van der Waals surface area contributed by atoms with Crippen LogP contribution in [0.5, 0.6) is 17.2 Å². The molecule has 0 radical (unpaired) electrons. The Hall–Kier alpha value is -4.26. The van der Waals surface area contributed by atoms with Gasteiger partial charge in [-0.1, -0.05) is 60.7 Å². The smallest absolute Gasteiger partial charge is 0.295 e. The lowest BCUT2D eigenvalue weighted by molar-refractivity contribution is -0.140. The Morgan fingerprint density at radius 1 is 0.853 bits per heavy atom. The van der Waals surface area contributed by atoms with Crippen molar-refractivity contribution < 1.29 is 28.9 Å².